The van der Waals surface area contributed by atoms with Crippen LogP contribution in [0.2, 0.25) is 0 Å². The summed E-state index contributed by atoms with van der Waals surface area (Å²) in [6, 6.07) is 0. The van der Waals surface area contributed by atoms with Crippen molar-refractivity contribution >= 4 is 0 Å². The van der Waals surface area contributed by atoms with Crippen molar-refractivity contribution in [3.05, 3.63) is 0 Å². The summed E-state index contributed by atoms with van der Waals surface area (Å²) >= 11 is 0. The molecule has 0 aromatic carbocycles. The van der Waals surface area contributed by atoms with Crippen molar-refractivity contribution in [2.24, 2.45) is 29.6 Å². The molecule has 0 unspecified atom stereocenters. The number of aliphatic hydroxyl groups excluding tert-OH is 1. The molecule has 1 saturated heterocycles. The predicted octanol–water partition coefficient (Wildman–Crippen LogP) is 2.43. The second-order valence-corrected chi connectivity index (χ2v) is 6.48. The average molecular weight is 254 g/mol. The minimum atomic E-state index is -0.0399. The molecule has 1 aliphatic heterocycles. The van der Waals surface area contributed by atoms with Gasteiger partial charge in [-0.1, -0.05) is 19.3 Å². The van der Waals surface area contributed by atoms with E-state index in [4.69, 9.17) is 9.47 Å². The van der Waals surface area contributed by atoms with Crippen LogP contribution in [0.1, 0.15) is 39.0 Å². The van der Waals surface area contributed by atoms with Gasteiger partial charge in [0.2, 0.25) is 0 Å². The lowest BCUT2D eigenvalue weighted by Gasteiger charge is -2.47. The third-order valence-electron chi connectivity index (χ3n) is 5.77. The first kappa shape index (κ1) is 12.9. The Morgan fingerprint density at radius 3 is 2.72 bits per heavy atom. The molecule has 2 aliphatic carbocycles. The van der Waals surface area contributed by atoms with Gasteiger partial charge < -0.3 is 14.6 Å². The molecular formula is C15H26O3. The van der Waals surface area contributed by atoms with Crippen LogP contribution in [0.25, 0.3) is 0 Å². The molecule has 0 spiro atoms. The normalized spacial score (nSPS) is 51.8. The molecule has 0 aromatic heterocycles. The van der Waals surface area contributed by atoms with Crippen molar-refractivity contribution in [3.63, 3.8) is 0 Å². The molecule has 1 N–H and O–H groups in total. The van der Waals surface area contributed by atoms with Crippen LogP contribution in [-0.2, 0) is 9.47 Å². The molecule has 18 heavy (non-hydrogen) atoms. The highest BCUT2D eigenvalue weighted by Gasteiger charge is 2.53. The molecule has 3 heteroatoms. The summed E-state index contributed by atoms with van der Waals surface area (Å²) in [6.07, 6.45) is 6.80. The van der Waals surface area contributed by atoms with Gasteiger partial charge >= 0.3 is 0 Å². The minimum Gasteiger partial charge on any atom is -0.396 e. The fraction of sp³-hybridized carbons (Fsp3) is 1.00. The van der Waals surface area contributed by atoms with Crippen molar-refractivity contribution in [2.75, 3.05) is 13.7 Å². The largest absolute Gasteiger partial charge is 0.396 e. The number of rotatable bonds is 2. The van der Waals surface area contributed by atoms with E-state index in [1.807, 2.05) is 0 Å². The van der Waals surface area contributed by atoms with Crippen LogP contribution < -0.4 is 0 Å². The Morgan fingerprint density at radius 2 is 2.00 bits per heavy atom. The predicted molar refractivity (Wildman–Crippen MR) is 69.0 cm³/mol. The number of hydrogen-bond donors (Lipinski definition) is 1. The minimum absolute atomic E-state index is 0.0399. The van der Waals surface area contributed by atoms with Gasteiger partial charge in [-0.15, -0.1) is 0 Å². The lowest BCUT2D eigenvalue weighted by atomic mass is 9.57. The summed E-state index contributed by atoms with van der Waals surface area (Å²) < 4.78 is 11.5. The molecule has 0 amide bonds. The fourth-order valence-corrected chi connectivity index (χ4v) is 5.08. The van der Waals surface area contributed by atoms with Gasteiger partial charge in [0.05, 0.1) is 6.10 Å². The van der Waals surface area contributed by atoms with Gasteiger partial charge in [-0.3, -0.25) is 0 Å². The summed E-state index contributed by atoms with van der Waals surface area (Å²) in [6.45, 7) is 2.48. The second kappa shape index (κ2) is 5.10. The molecule has 0 radical (unpaired) electrons. The maximum atomic E-state index is 9.86. The molecule has 0 aromatic rings. The summed E-state index contributed by atoms with van der Waals surface area (Å²) in [5, 5.41) is 9.86. The van der Waals surface area contributed by atoms with E-state index < -0.39 is 0 Å². The van der Waals surface area contributed by atoms with Crippen molar-refractivity contribution < 1.29 is 14.6 Å². The van der Waals surface area contributed by atoms with E-state index in [1.54, 1.807) is 7.11 Å². The standard InChI is InChI=1S/C15H26O3/c1-9-14-12(15(17-2)18-9)7-10-5-3-4-6-11(10)13(14)8-16/h9-16H,3-8H2,1-2H3/t9-,10+,11-,12-,13-,14-,15-/m0/s1. The molecule has 2 saturated carbocycles. The molecule has 3 rings (SSSR count). The van der Waals surface area contributed by atoms with Gasteiger partial charge in [-0.05, 0) is 43.4 Å². The Hall–Kier alpha value is -0.120. The molecule has 1 heterocycles. The zero-order chi connectivity index (χ0) is 12.7. The lowest BCUT2D eigenvalue weighted by Crippen LogP contribution is -2.45. The maximum absolute atomic E-state index is 9.86. The number of aliphatic hydroxyl groups is 1. The smallest absolute Gasteiger partial charge is 0.160 e. The molecule has 104 valence electrons. The van der Waals surface area contributed by atoms with Gasteiger partial charge in [0.1, 0.15) is 0 Å². The summed E-state index contributed by atoms with van der Waals surface area (Å²) in [5.41, 5.74) is 0. The van der Waals surface area contributed by atoms with Crippen molar-refractivity contribution in [1.29, 1.82) is 0 Å². The van der Waals surface area contributed by atoms with Crippen LogP contribution in [0, 0.1) is 29.6 Å². The van der Waals surface area contributed by atoms with Crippen molar-refractivity contribution in [2.45, 2.75) is 51.4 Å². The first-order chi connectivity index (χ1) is 8.76. The molecule has 3 nitrogen and oxygen atoms in total. The van der Waals surface area contributed by atoms with Crippen LogP contribution in [0.4, 0.5) is 0 Å². The molecule has 0 bridgehead atoms. The van der Waals surface area contributed by atoms with Gasteiger partial charge in [0, 0.05) is 19.6 Å². The van der Waals surface area contributed by atoms with E-state index in [1.165, 1.54) is 32.1 Å². The van der Waals surface area contributed by atoms with Crippen LogP contribution in [0.3, 0.4) is 0 Å². The average Bonchev–Trinajstić information content (AvgIpc) is 2.73. The van der Waals surface area contributed by atoms with Crippen LogP contribution >= 0.6 is 0 Å². The first-order valence-electron chi connectivity index (χ1n) is 7.55. The highest BCUT2D eigenvalue weighted by Crippen LogP contribution is 2.54. The summed E-state index contributed by atoms with van der Waals surface area (Å²) in [7, 11) is 1.75. The van der Waals surface area contributed by atoms with E-state index in [0.29, 0.717) is 24.4 Å². The monoisotopic (exact) mass is 254 g/mol. The van der Waals surface area contributed by atoms with E-state index in [0.717, 1.165) is 11.8 Å². The van der Waals surface area contributed by atoms with Crippen LogP contribution in [0.5, 0.6) is 0 Å². The number of methoxy groups -OCH3 is 1. The molecular weight excluding hydrogens is 228 g/mol. The topological polar surface area (TPSA) is 38.7 Å². The Kier molecular flexibility index (Phi) is 3.65. The van der Waals surface area contributed by atoms with E-state index in [2.05, 4.69) is 6.92 Å². The molecule has 3 aliphatic rings. The zero-order valence-corrected chi connectivity index (χ0v) is 11.5. The highest BCUT2D eigenvalue weighted by atomic mass is 16.7. The Bertz CT molecular complexity index is 293. The summed E-state index contributed by atoms with van der Waals surface area (Å²) in [5.74, 6) is 2.96. The molecule has 3 fully saturated rings. The Balaban J connectivity index is 1.85. The van der Waals surface area contributed by atoms with Crippen LogP contribution in [-0.4, -0.2) is 31.2 Å². The van der Waals surface area contributed by atoms with E-state index in [9.17, 15) is 5.11 Å². The third kappa shape index (κ3) is 1.91. The molecule has 7 atom stereocenters. The number of hydrogen-bond acceptors (Lipinski definition) is 3. The zero-order valence-electron chi connectivity index (χ0n) is 11.5. The lowest BCUT2D eigenvalue weighted by molar-refractivity contribution is -0.132. The quantitative estimate of drug-likeness (QED) is 0.822. The second-order valence-electron chi connectivity index (χ2n) is 6.48. The van der Waals surface area contributed by atoms with Crippen molar-refractivity contribution in [3.8, 4) is 0 Å². The number of ether oxygens (including phenoxy) is 2. The third-order valence-corrected chi connectivity index (χ3v) is 5.77. The highest BCUT2D eigenvalue weighted by molar-refractivity contribution is 4.99. The van der Waals surface area contributed by atoms with E-state index in [-0.39, 0.29) is 12.4 Å². The maximum Gasteiger partial charge on any atom is 0.160 e. The fourth-order valence-electron chi connectivity index (χ4n) is 5.08. The van der Waals surface area contributed by atoms with Crippen molar-refractivity contribution in [1.82, 2.24) is 0 Å². The Morgan fingerprint density at radius 1 is 1.22 bits per heavy atom. The van der Waals surface area contributed by atoms with E-state index >= 15 is 0 Å². The summed E-state index contributed by atoms with van der Waals surface area (Å²) in [4.78, 5) is 0. The number of fused-ring (bicyclic) bond motifs is 2. The van der Waals surface area contributed by atoms with Gasteiger partial charge in [-0.25, -0.2) is 0 Å². The van der Waals surface area contributed by atoms with Crippen LogP contribution in [0.15, 0.2) is 0 Å². The van der Waals surface area contributed by atoms with Gasteiger partial charge in [0.15, 0.2) is 6.29 Å². The van der Waals surface area contributed by atoms with Gasteiger partial charge in [0.25, 0.3) is 0 Å². The SMILES string of the molecule is CO[C@H]1O[C@@H](C)[C@H]2[C@@H]1C[C@H]1CCCC[C@@H]1[C@@H]2CO. The van der Waals surface area contributed by atoms with Gasteiger partial charge in [-0.2, -0.15) is 0 Å². The Labute approximate surface area is 110 Å². The first-order valence-corrected chi connectivity index (χ1v) is 7.55.